The Kier molecular flexibility index (Phi) is 5.01. The zero-order chi connectivity index (χ0) is 15.5. The molecule has 0 amide bonds. The summed E-state index contributed by atoms with van der Waals surface area (Å²) in [4.78, 5) is 11.6. The normalized spacial score (nSPS) is 18.3. The smallest absolute Gasteiger partial charge is 0.335 e. The van der Waals surface area contributed by atoms with Gasteiger partial charge in [0.25, 0.3) is 0 Å². The van der Waals surface area contributed by atoms with Gasteiger partial charge >= 0.3 is 5.97 Å². The molecule has 116 valence electrons. The summed E-state index contributed by atoms with van der Waals surface area (Å²) in [5.74, 6) is -0.449. The van der Waals surface area contributed by atoms with Crippen LogP contribution in [-0.4, -0.2) is 35.9 Å². The van der Waals surface area contributed by atoms with E-state index in [2.05, 4.69) is 29.6 Å². The van der Waals surface area contributed by atoms with Crippen molar-refractivity contribution in [2.75, 3.05) is 13.1 Å². The maximum absolute atomic E-state index is 11.6. The number of hydrogen-bond acceptors (Lipinski definition) is 4. The summed E-state index contributed by atoms with van der Waals surface area (Å²) >= 11 is 0. The third kappa shape index (κ3) is 4.55. The molecule has 2 aliphatic carbocycles. The molecule has 0 aromatic heterocycles. The molecule has 0 aromatic carbocycles. The highest BCUT2D eigenvalue weighted by molar-refractivity contribution is 5.75. The second kappa shape index (κ2) is 6.58. The molecule has 1 fully saturated rings. The first kappa shape index (κ1) is 16.0. The van der Waals surface area contributed by atoms with Gasteiger partial charge in [0.1, 0.15) is 5.60 Å². The van der Waals surface area contributed by atoms with Crippen LogP contribution in [0.5, 0.6) is 0 Å². The van der Waals surface area contributed by atoms with Crippen LogP contribution < -0.4 is 5.32 Å². The van der Waals surface area contributed by atoms with Crippen molar-refractivity contribution in [3.8, 4) is 11.1 Å². The molecule has 3 rings (SSSR count). The molecule has 4 heteroatoms. The number of aliphatic hydroxyl groups excluding tert-OH is 1. The fourth-order valence-electron chi connectivity index (χ4n) is 2.38. The van der Waals surface area contributed by atoms with Crippen LogP contribution in [0.2, 0.25) is 0 Å². The lowest BCUT2D eigenvalue weighted by molar-refractivity contribution is -0.168. The fraction of sp³-hybridized carbons (Fsp3) is 0.588. The Morgan fingerprint density at radius 3 is 2.00 bits per heavy atom. The summed E-state index contributed by atoms with van der Waals surface area (Å²) in [6, 6.07) is 8.48. The maximum atomic E-state index is 11.6. The Morgan fingerprint density at radius 2 is 1.67 bits per heavy atom. The van der Waals surface area contributed by atoms with Crippen molar-refractivity contribution in [2.24, 2.45) is 5.92 Å². The van der Waals surface area contributed by atoms with Gasteiger partial charge in [0.05, 0.1) is 0 Å². The number of carbonyl (C=O) groups excluding carboxylic acids is 1. The Labute approximate surface area is 126 Å². The van der Waals surface area contributed by atoms with Crippen LogP contribution in [0.3, 0.4) is 0 Å². The summed E-state index contributed by atoms with van der Waals surface area (Å²) in [7, 11) is 0. The van der Waals surface area contributed by atoms with Gasteiger partial charge in [-0.25, -0.2) is 4.79 Å². The third-order valence-electron chi connectivity index (χ3n) is 3.70. The van der Waals surface area contributed by atoms with Crippen LogP contribution in [0.15, 0.2) is 24.3 Å². The van der Waals surface area contributed by atoms with Crippen molar-refractivity contribution < 1.29 is 14.6 Å². The molecule has 0 spiro atoms. The van der Waals surface area contributed by atoms with Crippen molar-refractivity contribution in [1.82, 2.24) is 5.32 Å². The van der Waals surface area contributed by atoms with Crippen molar-refractivity contribution in [3.63, 3.8) is 0 Å². The molecule has 2 N–H and O–H groups in total. The van der Waals surface area contributed by atoms with Crippen LogP contribution in [0.4, 0.5) is 0 Å². The van der Waals surface area contributed by atoms with E-state index in [0.717, 1.165) is 25.9 Å². The Morgan fingerprint density at radius 1 is 1.19 bits per heavy atom. The van der Waals surface area contributed by atoms with Gasteiger partial charge in [-0.3, -0.25) is 0 Å². The minimum absolute atomic E-state index is 0.0427. The first-order valence-electron chi connectivity index (χ1n) is 7.59. The van der Waals surface area contributed by atoms with E-state index < -0.39 is 17.7 Å². The van der Waals surface area contributed by atoms with Crippen molar-refractivity contribution in [3.05, 3.63) is 24.3 Å². The third-order valence-corrected chi connectivity index (χ3v) is 3.70. The highest BCUT2D eigenvalue weighted by Crippen LogP contribution is 2.29. The number of aliphatic hydroxyl groups is 1. The van der Waals surface area contributed by atoms with Crippen molar-refractivity contribution in [1.29, 1.82) is 0 Å². The van der Waals surface area contributed by atoms with Crippen LogP contribution in [0.1, 0.15) is 33.6 Å². The molecular weight excluding hydrogens is 266 g/mol. The average Bonchev–Trinajstić information content (AvgIpc) is 2.41. The molecule has 0 radical (unpaired) electrons. The second-order valence-corrected chi connectivity index (χ2v) is 6.64. The van der Waals surface area contributed by atoms with Gasteiger partial charge in [0.15, 0.2) is 6.10 Å². The molecule has 1 unspecified atom stereocenters. The number of hydrogen-bond donors (Lipinski definition) is 2. The number of rotatable bonds is 2. The SMILES string of the molecule is CC(C)(C)OC(=O)C(O)C1CCNCC1.c1cc2ccc1-2. The van der Waals surface area contributed by atoms with Crippen molar-refractivity contribution >= 4 is 5.97 Å². The average molecular weight is 291 g/mol. The standard InChI is InChI=1S/C11H21NO3.C6H4/c1-11(2,3)15-10(14)9(13)8-4-6-12-7-5-8;1-2-6-4-3-5(1)6/h8-9,12-13H,4-7H2,1-3H3;1-4H. The largest absolute Gasteiger partial charge is 0.458 e. The molecule has 0 saturated carbocycles. The van der Waals surface area contributed by atoms with E-state index >= 15 is 0 Å². The van der Waals surface area contributed by atoms with Crippen LogP contribution in [0, 0.1) is 5.92 Å². The fourth-order valence-corrected chi connectivity index (χ4v) is 2.38. The van der Waals surface area contributed by atoms with E-state index in [0.29, 0.717) is 0 Å². The van der Waals surface area contributed by atoms with Crippen LogP contribution in [0.25, 0.3) is 11.1 Å². The topological polar surface area (TPSA) is 58.6 Å². The predicted molar refractivity (Wildman–Crippen MR) is 82.9 cm³/mol. The highest BCUT2D eigenvalue weighted by Gasteiger charge is 2.30. The number of carbonyl (C=O) groups is 1. The van der Waals surface area contributed by atoms with Gasteiger partial charge in [-0.1, -0.05) is 24.3 Å². The van der Waals surface area contributed by atoms with Crippen LogP contribution >= 0.6 is 0 Å². The van der Waals surface area contributed by atoms with Gasteiger partial charge < -0.3 is 15.2 Å². The van der Waals surface area contributed by atoms with Gasteiger partial charge in [0, 0.05) is 0 Å². The summed E-state index contributed by atoms with van der Waals surface area (Å²) < 4.78 is 5.14. The molecule has 1 heterocycles. The summed E-state index contributed by atoms with van der Waals surface area (Å²) in [6.07, 6.45) is 0.701. The zero-order valence-electron chi connectivity index (χ0n) is 13.1. The van der Waals surface area contributed by atoms with Gasteiger partial charge in [-0.2, -0.15) is 0 Å². The van der Waals surface area contributed by atoms with Crippen molar-refractivity contribution in [2.45, 2.75) is 45.3 Å². The number of piperidine rings is 1. The Hall–Kier alpha value is -1.39. The second-order valence-electron chi connectivity index (χ2n) is 6.64. The molecule has 1 saturated heterocycles. The quantitative estimate of drug-likeness (QED) is 0.834. The molecule has 1 aliphatic heterocycles. The van der Waals surface area contributed by atoms with E-state index in [1.54, 1.807) is 20.8 Å². The molecule has 0 bridgehead atoms. The van der Waals surface area contributed by atoms with E-state index in [4.69, 9.17) is 4.74 Å². The lowest BCUT2D eigenvalue weighted by atomic mass is 9.92. The van der Waals surface area contributed by atoms with Gasteiger partial charge in [-0.15, -0.1) is 0 Å². The summed E-state index contributed by atoms with van der Waals surface area (Å²) in [5.41, 5.74) is 2.33. The van der Waals surface area contributed by atoms with E-state index in [1.807, 2.05) is 0 Å². The molecule has 3 aliphatic rings. The molecule has 21 heavy (non-hydrogen) atoms. The molecule has 1 atom stereocenters. The van der Waals surface area contributed by atoms with E-state index in [9.17, 15) is 9.90 Å². The number of nitrogens with one attached hydrogen (secondary N) is 1. The summed E-state index contributed by atoms with van der Waals surface area (Å²) in [5, 5.41) is 13.0. The molecular formula is C17H25NO3. The number of esters is 1. The van der Waals surface area contributed by atoms with Crippen LogP contribution in [-0.2, 0) is 9.53 Å². The maximum Gasteiger partial charge on any atom is 0.335 e. The molecule has 4 nitrogen and oxygen atoms in total. The highest BCUT2D eigenvalue weighted by atomic mass is 16.6. The zero-order valence-corrected chi connectivity index (χ0v) is 13.1. The lowest BCUT2D eigenvalue weighted by Gasteiger charge is -2.28. The van der Waals surface area contributed by atoms with E-state index in [1.165, 1.54) is 11.1 Å². The minimum atomic E-state index is -0.966. The van der Waals surface area contributed by atoms with Gasteiger partial charge in [-0.05, 0) is 63.7 Å². The first-order valence-corrected chi connectivity index (χ1v) is 7.59. The van der Waals surface area contributed by atoms with Gasteiger partial charge in [0.2, 0.25) is 0 Å². The monoisotopic (exact) mass is 291 g/mol. The Balaban J connectivity index is 0.000000218. The minimum Gasteiger partial charge on any atom is -0.458 e. The number of fused-ring (bicyclic) bond motifs is 1. The predicted octanol–water partition coefficient (Wildman–Crippen LogP) is 2.36. The summed E-state index contributed by atoms with van der Waals surface area (Å²) in [6.45, 7) is 7.15. The van der Waals surface area contributed by atoms with E-state index in [-0.39, 0.29) is 5.92 Å². The number of ether oxygens (including phenoxy) is 1. The lowest BCUT2D eigenvalue weighted by Crippen LogP contribution is -2.41. The number of benzene rings is 1. The Bertz CT molecular complexity index is 449. The molecule has 0 aromatic rings. The first-order chi connectivity index (χ1) is 9.87.